The van der Waals surface area contributed by atoms with E-state index in [1.165, 1.54) is 30.2 Å². The Morgan fingerprint density at radius 1 is 1.21 bits per heavy atom. The van der Waals surface area contributed by atoms with Crippen molar-refractivity contribution >= 4 is 46.0 Å². The van der Waals surface area contributed by atoms with Crippen molar-refractivity contribution in [1.82, 2.24) is 0 Å². The van der Waals surface area contributed by atoms with E-state index in [-0.39, 0.29) is 5.91 Å². The van der Waals surface area contributed by atoms with Crippen molar-refractivity contribution in [3.05, 3.63) is 58.4 Å². The summed E-state index contributed by atoms with van der Waals surface area (Å²) < 4.78 is 6.07. The fourth-order valence-corrected chi connectivity index (χ4v) is 3.82. The third-order valence-corrected chi connectivity index (χ3v) is 5.14. The molecule has 0 spiro atoms. The molecule has 1 amide bonds. The van der Waals surface area contributed by atoms with Crippen molar-refractivity contribution in [2.24, 2.45) is 0 Å². The molecule has 0 radical (unpaired) electrons. The first-order chi connectivity index (χ1) is 11.6. The zero-order chi connectivity index (χ0) is 17.1. The Balaban J connectivity index is 1.80. The van der Waals surface area contributed by atoms with Gasteiger partial charge in [-0.15, -0.1) is 0 Å². The highest BCUT2D eigenvalue weighted by molar-refractivity contribution is 8.27. The number of hydrogen-bond donors (Lipinski definition) is 0. The van der Waals surface area contributed by atoms with Crippen LogP contribution in [0.5, 0.6) is 0 Å². The van der Waals surface area contributed by atoms with E-state index in [1.54, 1.807) is 11.0 Å². The fourth-order valence-electron chi connectivity index (χ4n) is 2.54. The molecular weight excluding hydrogens is 338 g/mol. The van der Waals surface area contributed by atoms with Crippen LogP contribution in [0.2, 0.25) is 0 Å². The van der Waals surface area contributed by atoms with Crippen LogP contribution in [0.1, 0.15) is 36.8 Å². The number of furan rings is 1. The van der Waals surface area contributed by atoms with Crippen molar-refractivity contribution in [1.29, 1.82) is 0 Å². The molecule has 5 heteroatoms. The lowest BCUT2D eigenvalue weighted by atomic mass is 10.1. The minimum atomic E-state index is -0.0969. The SMILES string of the molecule is CCCCc1ccc(N2C(=O)C(=Cc3ccc(C)o3)SC2=S)cc1. The number of aryl methyl sites for hydroxylation is 2. The van der Waals surface area contributed by atoms with E-state index >= 15 is 0 Å². The van der Waals surface area contributed by atoms with E-state index in [9.17, 15) is 4.79 Å². The normalized spacial score (nSPS) is 16.4. The van der Waals surface area contributed by atoms with Crippen LogP contribution in [0.15, 0.2) is 45.7 Å². The lowest BCUT2D eigenvalue weighted by Crippen LogP contribution is -2.27. The fraction of sp³-hybridized carbons (Fsp3) is 0.263. The number of nitrogens with zero attached hydrogens (tertiary/aromatic N) is 1. The lowest BCUT2D eigenvalue weighted by Gasteiger charge is -2.15. The molecule has 3 rings (SSSR count). The minimum absolute atomic E-state index is 0.0969. The van der Waals surface area contributed by atoms with Crippen LogP contribution in [-0.2, 0) is 11.2 Å². The predicted octanol–water partition coefficient (Wildman–Crippen LogP) is 5.34. The van der Waals surface area contributed by atoms with Gasteiger partial charge < -0.3 is 4.42 Å². The second-order valence-electron chi connectivity index (χ2n) is 5.74. The first-order valence-corrected chi connectivity index (χ1v) is 9.24. The van der Waals surface area contributed by atoms with Gasteiger partial charge in [0.2, 0.25) is 0 Å². The number of thioether (sulfide) groups is 1. The summed E-state index contributed by atoms with van der Waals surface area (Å²) in [7, 11) is 0. The highest BCUT2D eigenvalue weighted by Crippen LogP contribution is 2.36. The summed E-state index contributed by atoms with van der Waals surface area (Å²) in [6.07, 6.45) is 5.16. The summed E-state index contributed by atoms with van der Waals surface area (Å²) in [5, 5.41) is 0. The van der Waals surface area contributed by atoms with Crippen molar-refractivity contribution < 1.29 is 9.21 Å². The maximum atomic E-state index is 12.7. The monoisotopic (exact) mass is 357 g/mol. The van der Waals surface area contributed by atoms with Gasteiger partial charge >= 0.3 is 0 Å². The van der Waals surface area contributed by atoms with E-state index in [4.69, 9.17) is 16.6 Å². The van der Waals surface area contributed by atoms with Gasteiger partial charge in [0.1, 0.15) is 11.5 Å². The van der Waals surface area contributed by atoms with Gasteiger partial charge in [0.05, 0.1) is 10.6 Å². The molecule has 1 aromatic carbocycles. The number of amides is 1. The molecule has 1 aromatic heterocycles. The number of benzene rings is 1. The molecule has 0 unspecified atom stereocenters. The Kier molecular flexibility index (Phi) is 5.21. The number of unbranched alkanes of at least 4 members (excludes halogenated alkanes) is 1. The van der Waals surface area contributed by atoms with Crippen LogP contribution in [0, 0.1) is 6.92 Å². The quantitative estimate of drug-likeness (QED) is 0.534. The maximum absolute atomic E-state index is 12.7. The van der Waals surface area contributed by atoms with Gasteiger partial charge in [-0.05, 0) is 49.6 Å². The number of carbonyl (C=O) groups is 1. The van der Waals surface area contributed by atoms with E-state index in [0.29, 0.717) is 15.0 Å². The van der Waals surface area contributed by atoms with Crippen molar-refractivity contribution in [2.45, 2.75) is 33.1 Å². The van der Waals surface area contributed by atoms with Crippen LogP contribution < -0.4 is 4.90 Å². The van der Waals surface area contributed by atoms with Gasteiger partial charge in [0.25, 0.3) is 5.91 Å². The average molecular weight is 358 g/mol. The van der Waals surface area contributed by atoms with E-state index < -0.39 is 0 Å². The zero-order valence-electron chi connectivity index (χ0n) is 13.7. The molecule has 3 nitrogen and oxygen atoms in total. The standard InChI is InChI=1S/C19H19NO2S2/c1-3-4-5-14-7-9-15(10-8-14)20-18(21)17(24-19(20)23)12-16-11-6-13(2)22-16/h6-12H,3-5H2,1-2H3. The van der Waals surface area contributed by atoms with Crippen LogP contribution in [0.4, 0.5) is 5.69 Å². The average Bonchev–Trinajstić information content (AvgIpc) is 3.10. The Morgan fingerprint density at radius 2 is 1.96 bits per heavy atom. The third kappa shape index (κ3) is 3.62. The van der Waals surface area contributed by atoms with Gasteiger partial charge in [0.15, 0.2) is 4.32 Å². The summed E-state index contributed by atoms with van der Waals surface area (Å²) in [5.41, 5.74) is 2.10. The number of rotatable bonds is 5. The molecule has 2 aromatic rings. The molecule has 1 aliphatic rings. The topological polar surface area (TPSA) is 33.5 Å². The van der Waals surface area contributed by atoms with Gasteiger partial charge in [-0.1, -0.05) is 49.5 Å². The summed E-state index contributed by atoms with van der Waals surface area (Å²) in [5.74, 6) is 1.39. The highest BCUT2D eigenvalue weighted by Gasteiger charge is 2.33. The molecule has 0 atom stereocenters. The van der Waals surface area contributed by atoms with E-state index in [1.807, 2.05) is 31.2 Å². The van der Waals surface area contributed by atoms with Gasteiger partial charge in [-0.3, -0.25) is 9.69 Å². The number of carbonyl (C=O) groups excluding carboxylic acids is 1. The van der Waals surface area contributed by atoms with Crippen molar-refractivity contribution in [3.63, 3.8) is 0 Å². The Labute approximate surface area is 151 Å². The first kappa shape index (κ1) is 17.0. The maximum Gasteiger partial charge on any atom is 0.270 e. The number of anilines is 1. The molecule has 1 aliphatic heterocycles. The summed E-state index contributed by atoms with van der Waals surface area (Å²) in [4.78, 5) is 14.9. The summed E-state index contributed by atoms with van der Waals surface area (Å²) >= 11 is 6.71. The van der Waals surface area contributed by atoms with Gasteiger partial charge in [-0.25, -0.2) is 0 Å². The highest BCUT2D eigenvalue weighted by atomic mass is 32.2. The summed E-state index contributed by atoms with van der Waals surface area (Å²) in [6.45, 7) is 4.06. The third-order valence-electron chi connectivity index (χ3n) is 3.84. The second kappa shape index (κ2) is 7.36. The lowest BCUT2D eigenvalue weighted by molar-refractivity contribution is -0.113. The van der Waals surface area contributed by atoms with Crippen LogP contribution in [0.25, 0.3) is 6.08 Å². The van der Waals surface area contributed by atoms with Gasteiger partial charge in [0, 0.05) is 6.08 Å². The molecule has 0 aliphatic carbocycles. The molecule has 1 saturated heterocycles. The minimum Gasteiger partial charge on any atom is -0.462 e. The Morgan fingerprint density at radius 3 is 2.58 bits per heavy atom. The van der Waals surface area contributed by atoms with Crippen LogP contribution >= 0.6 is 24.0 Å². The zero-order valence-corrected chi connectivity index (χ0v) is 15.4. The molecule has 2 heterocycles. The molecule has 124 valence electrons. The van der Waals surface area contributed by atoms with Gasteiger partial charge in [-0.2, -0.15) is 0 Å². The molecular formula is C19H19NO2S2. The van der Waals surface area contributed by atoms with Crippen LogP contribution in [-0.4, -0.2) is 10.2 Å². The smallest absolute Gasteiger partial charge is 0.270 e. The predicted molar refractivity (Wildman–Crippen MR) is 104 cm³/mol. The molecule has 0 saturated carbocycles. The first-order valence-electron chi connectivity index (χ1n) is 8.02. The van der Waals surface area contributed by atoms with E-state index in [2.05, 4.69) is 19.1 Å². The molecule has 0 bridgehead atoms. The van der Waals surface area contributed by atoms with Crippen LogP contribution in [0.3, 0.4) is 0 Å². The summed E-state index contributed by atoms with van der Waals surface area (Å²) in [6, 6.07) is 11.8. The van der Waals surface area contributed by atoms with Crippen molar-refractivity contribution in [2.75, 3.05) is 4.90 Å². The molecule has 1 fully saturated rings. The molecule has 24 heavy (non-hydrogen) atoms. The van der Waals surface area contributed by atoms with E-state index in [0.717, 1.165) is 17.9 Å². The Bertz CT molecular complexity index is 790. The number of hydrogen-bond acceptors (Lipinski definition) is 4. The molecule has 0 N–H and O–H groups in total. The van der Waals surface area contributed by atoms with Crippen molar-refractivity contribution in [3.8, 4) is 0 Å². The largest absolute Gasteiger partial charge is 0.462 e. The second-order valence-corrected chi connectivity index (χ2v) is 7.41. The Hall–Kier alpha value is -1.85. The number of thiocarbonyl (C=S) groups is 1.